The summed E-state index contributed by atoms with van der Waals surface area (Å²) in [5, 5.41) is 0.263. The summed E-state index contributed by atoms with van der Waals surface area (Å²) in [6, 6.07) is 13.9. The molecule has 6 nitrogen and oxygen atoms in total. The van der Waals surface area contributed by atoms with Gasteiger partial charge in [-0.15, -0.1) is 11.3 Å². The standard InChI is InChI=1S/C20H18F3N3O3S2/c1-13-17(18(27)25-31(2,28)29)24-19(30-13)26(12-14-7-4-3-5-8-14)16-10-6-9-15(11-16)20(21,22)23/h3-11H,12H2,1-2H3,(H,25,27). The lowest BCUT2D eigenvalue weighted by atomic mass is 10.1. The highest BCUT2D eigenvalue weighted by atomic mass is 32.2. The summed E-state index contributed by atoms with van der Waals surface area (Å²) >= 11 is 1.08. The van der Waals surface area contributed by atoms with Crippen LogP contribution in [-0.2, 0) is 22.7 Å². The Morgan fingerprint density at radius 1 is 1.13 bits per heavy atom. The number of carbonyl (C=O) groups excluding carboxylic acids is 1. The number of hydrogen-bond acceptors (Lipinski definition) is 6. The minimum atomic E-state index is -4.52. The number of carbonyl (C=O) groups is 1. The van der Waals surface area contributed by atoms with Gasteiger partial charge in [-0.2, -0.15) is 13.2 Å². The zero-order valence-corrected chi connectivity index (χ0v) is 18.1. The molecule has 31 heavy (non-hydrogen) atoms. The lowest BCUT2D eigenvalue weighted by Crippen LogP contribution is -2.30. The van der Waals surface area contributed by atoms with Gasteiger partial charge in [0.25, 0.3) is 5.91 Å². The maximum absolute atomic E-state index is 13.3. The molecule has 3 rings (SSSR count). The number of halogens is 3. The maximum atomic E-state index is 13.3. The molecule has 0 bridgehead atoms. The number of nitrogens with zero attached hydrogens (tertiary/aromatic N) is 2. The zero-order valence-electron chi connectivity index (χ0n) is 16.5. The summed E-state index contributed by atoms with van der Waals surface area (Å²) in [4.78, 5) is 18.5. The van der Waals surface area contributed by atoms with Crippen molar-refractivity contribution in [1.29, 1.82) is 0 Å². The number of benzene rings is 2. The first-order chi connectivity index (χ1) is 14.4. The highest BCUT2D eigenvalue weighted by Gasteiger charge is 2.31. The largest absolute Gasteiger partial charge is 0.416 e. The van der Waals surface area contributed by atoms with Gasteiger partial charge in [0.15, 0.2) is 5.13 Å². The molecular formula is C20H18F3N3O3S2. The predicted molar refractivity (Wildman–Crippen MR) is 113 cm³/mol. The van der Waals surface area contributed by atoms with Crippen LogP contribution in [0.25, 0.3) is 0 Å². The third-order valence-corrected chi connectivity index (χ3v) is 5.73. The Kier molecular flexibility index (Phi) is 6.37. The van der Waals surface area contributed by atoms with E-state index in [9.17, 15) is 26.4 Å². The summed E-state index contributed by atoms with van der Waals surface area (Å²) in [7, 11) is -3.80. The summed E-state index contributed by atoms with van der Waals surface area (Å²) in [5.74, 6) is -0.897. The Balaban J connectivity index is 2.06. The van der Waals surface area contributed by atoms with E-state index in [1.165, 1.54) is 12.1 Å². The van der Waals surface area contributed by atoms with E-state index in [0.29, 0.717) is 4.88 Å². The Bertz CT molecular complexity index is 1190. The van der Waals surface area contributed by atoms with Crippen molar-refractivity contribution in [3.8, 4) is 0 Å². The molecule has 0 saturated carbocycles. The fraction of sp³-hybridized carbons (Fsp3) is 0.200. The van der Waals surface area contributed by atoms with E-state index < -0.39 is 27.7 Å². The van der Waals surface area contributed by atoms with Crippen LogP contribution in [0.3, 0.4) is 0 Å². The van der Waals surface area contributed by atoms with E-state index in [1.807, 2.05) is 22.9 Å². The smallest absolute Gasteiger partial charge is 0.313 e. The number of aromatic nitrogens is 1. The second kappa shape index (κ2) is 8.67. The van der Waals surface area contributed by atoms with Gasteiger partial charge < -0.3 is 4.90 Å². The van der Waals surface area contributed by atoms with Gasteiger partial charge >= 0.3 is 6.18 Å². The summed E-state index contributed by atoms with van der Waals surface area (Å²) in [6.45, 7) is 1.79. The number of hydrogen-bond donors (Lipinski definition) is 1. The number of aryl methyl sites for hydroxylation is 1. The maximum Gasteiger partial charge on any atom is 0.416 e. The van der Waals surface area contributed by atoms with E-state index in [2.05, 4.69) is 4.98 Å². The molecule has 1 amide bonds. The monoisotopic (exact) mass is 469 g/mol. The molecule has 0 unspecified atom stereocenters. The second-order valence-electron chi connectivity index (χ2n) is 6.72. The molecule has 0 saturated heterocycles. The van der Waals surface area contributed by atoms with Crippen molar-refractivity contribution < 1.29 is 26.4 Å². The summed E-state index contributed by atoms with van der Waals surface area (Å²) < 4.78 is 64.4. The summed E-state index contributed by atoms with van der Waals surface area (Å²) in [5.41, 5.74) is 0.138. The SMILES string of the molecule is Cc1sc(N(Cc2ccccc2)c2cccc(C(F)(F)F)c2)nc1C(=O)NS(C)(=O)=O. The average molecular weight is 470 g/mol. The van der Waals surface area contributed by atoms with Crippen molar-refractivity contribution in [2.24, 2.45) is 0 Å². The number of sulfonamides is 1. The fourth-order valence-corrected chi connectivity index (χ4v) is 4.17. The molecule has 1 aromatic heterocycles. The Hall–Kier alpha value is -2.92. The Morgan fingerprint density at radius 2 is 1.81 bits per heavy atom. The molecular weight excluding hydrogens is 451 g/mol. The molecule has 0 fully saturated rings. The molecule has 0 radical (unpaired) electrons. The van der Waals surface area contributed by atoms with E-state index >= 15 is 0 Å². The van der Waals surface area contributed by atoms with Crippen LogP contribution in [-0.4, -0.2) is 25.6 Å². The van der Waals surface area contributed by atoms with Gasteiger partial charge in [0.05, 0.1) is 18.4 Å². The van der Waals surface area contributed by atoms with Crippen LogP contribution >= 0.6 is 11.3 Å². The van der Waals surface area contributed by atoms with Gasteiger partial charge in [-0.25, -0.2) is 18.1 Å². The Labute approximate surface area is 181 Å². The average Bonchev–Trinajstić information content (AvgIpc) is 3.06. The van der Waals surface area contributed by atoms with Crippen molar-refractivity contribution in [3.05, 3.63) is 76.3 Å². The normalized spacial score (nSPS) is 11.9. The number of thiazole rings is 1. The molecule has 0 aliphatic heterocycles. The minimum Gasteiger partial charge on any atom is -0.313 e. The third-order valence-electron chi connectivity index (χ3n) is 4.18. The van der Waals surface area contributed by atoms with E-state index in [0.717, 1.165) is 35.3 Å². The molecule has 1 N–H and O–H groups in total. The second-order valence-corrected chi connectivity index (χ2v) is 9.65. The van der Waals surface area contributed by atoms with Crippen molar-refractivity contribution in [3.63, 3.8) is 0 Å². The highest BCUT2D eigenvalue weighted by Crippen LogP contribution is 2.36. The number of amides is 1. The number of nitrogens with one attached hydrogen (secondary N) is 1. The predicted octanol–water partition coefficient (Wildman–Crippen LogP) is 4.50. The van der Waals surface area contributed by atoms with Crippen LogP contribution in [0.1, 0.15) is 26.5 Å². The highest BCUT2D eigenvalue weighted by molar-refractivity contribution is 7.89. The molecule has 11 heteroatoms. The van der Waals surface area contributed by atoms with Crippen LogP contribution in [0.2, 0.25) is 0 Å². The van der Waals surface area contributed by atoms with E-state index in [-0.39, 0.29) is 23.1 Å². The molecule has 0 aliphatic rings. The van der Waals surface area contributed by atoms with Gasteiger partial charge in [0.1, 0.15) is 5.69 Å². The molecule has 0 aliphatic carbocycles. The molecule has 0 spiro atoms. The number of anilines is 2. The molecule has 1 heterocycles. The van der Waals surface area contributed by atoms with Gasteiger partial charge in [-0.3, -0.25) is 4.79 Å². The van der Waals surface area contributed by atoms with Crippen molar-refractivity contribution >= 4 is 38.1 Å². The zero-order chi connectivity index (χ0) is 22.8. The van der Waals surface area contributed by atoms with E-state index in [4.69, 9.17) is 0 Å². The van der Waals surface area contributed by atoms with Gasteiger partial charge in [-0.05, 0) is 30.7 Å². The first-order valence-corrected chi connectivity index (χ1v) is 11.6. The van der Waals surface area contributed by atoms with E-state index in [1.54, 1.807) is 24.0 Å². The lowest BCUT2D eigenvalue weighted by molar-refractivity contribution is -0.137. The lowest BCUT2D eigenvalue weighted by Gasteiger charge is -2.23. The van der Waals surface area contributed by atoms with Gasteiger partial charge in [-0.1, -0.05) is 36.4 Å². The van der Waals surface area contributed by atoms with Crippen molar-refractivity contribution in [1.82, 2.24) is 9.71 Å². The number of alkyl halides is 3. The van der Waals surface area contributed by atoms with Crippen LogP contribution < -0.4 is 9.62 Å². The van der Waals surface area contributed by atoms with Crippen LogP contribution in [0, 0.1) is 6.92 Å². The first-order valence-electron chi connectivity index (χ1n) is 8.92. The molecule has 164 valence electrons. The van der Waals surface area contributed by atoms with Gasteiger partial charge in [0, 0.05) is 10.6 Å². The quantitative estimate of drug-likeness (QED) is 0.575. The van der Waals surface area contributed by atoms with Crippen molar-refractivity contribution in [2.75, 3.05) is 11.2 Å². The minimum absolute atomic E-state index is 0.101. The van der Waals surface area contributed by atoms with Gasteiger partial charge in [0.2, 0.25) is 10.0 Å². The number of rotatable bonds is 6. The Morgan fingerprint density at radius 3 is 2.42 bits per heavy atom. The first kappa shape index (κ1) is 22.8. The third kappa shape index (κ3) is 5.82. The van der Waals surface area contributed by atoms with Crippen LogP contribution in [0.15, 0.2) is 54.6 Å². The topological polar surface area (TPSA) is 79.4 Å². The molecule has 2 aromatic carbocycles. The molecule has 3 aromatic rings. The van der Waals surface area contributed by atoms with Crippen LogP contribution in [0.4, 0.5) is 24.0 Å². The fourth-order valence-electron chi connectivity index (χ4n) is 2.81. The van der Waals surface area contributed by atoms with Crippen LogP contribution in [0.5, 0.6) is 0 Å². The van der Waals surface area contributed by atoms with Crippen molar-refractivity contribution in [2.45, 2.75) is 19.6 Å². The molecule has 0 atom stereocenters. The summed E-state index contributed by atoms with van der Waals surface area (Å²) in [6.07, 6.45) is -3.67.